The van der Waals surface area contributed by atoms with Crippen molar-refractivity contribution in [3.8, 4) is 0 Å². The molecule has 0 spiro atoms. The summed E-state index contributed by atoms with van der Waals surface area (Å²) >= 11 is 1.55. The van der Waals surface area contributed by atoms with E-state index in [-0.39, 0.29) is 18.6 Å². The van der Waals surface area contributed by atoms with Gasteiger partial charge in [-0.2, -0.15) is 0 Å². The first-order valence-electron chi connectivity index (χ1n) is 5.31. The Bertz CT molecular complexity index is 320. The van der Waals surface area contributed by atoms with Crippen LogP contribution in [0.3, 0.4) is 0 Å². The minimum absolute atomic E-state index is 0.0896. The summed E-state index contributed by atoms with van der Waals surface area (Å²) in [4.78, 5) is 4.12. The molecule has 0 unspecified atom stereocenters. The summed E-state index contributed by atoms with van der Waals surface area (Å²) in [7, 11) is 0. The minimum atomic E-state index is -0.834. The van der Waals surface area contributed by atoms with Gasteiger partial charge in [0.2, 0.25) is 0 Å². The molecule has 1 heterocycles. The van der Waals surface area contributed by atoms with Crippen LogP contribution in [-0.4, -0.2) is 45.2 Å². The average molecular weight is 244 g/mol. The van der Waals surface area contributed by atoms with E-state index in [4.69, 9.17) is 5.11 Å². The molecule has 1 aliphatic rings. The second kappa shape index (κ2) is 5.20. The summed E-state index contributed by atoms with van der Waals surface area (Å²) in [5.74, 6) is -0.233. The zero-order chi connectivity index (χ0) is 11.5. The molecule has 1 aliphatic carbocycles. The molecule has 1 aromatic heterocycles. The van der Waals surface area contributed by atoms with Gasteiger partial charge in [0.05, 0.1) is 12.2 Å². The van der Waals surface area contributed by atoms with Gasteiger partial charge >= 0.3 is 0 Å². The van der Waals surface area contributed by atoms with E-state index in [1.807, 2.05) is 5.38 Å². The van der Waals surface area contributed by atoms with Crippen molar-refractivity contribution in [3.05, 3.63) is 16.6 Å². The lowest BCUT2D eigenvalue weighted by Gasteiger charge is -2.17. The fourth-order valence-electron chi connectivity index (χ4n) is 2.07. The highest BCUT2D eigenvalue weighted by molar-refractivity contribution is 7.09. The Hall–Kier alpha value is -0.530. The third-order valence-corrected chi connectivity index (χ3v) is 3.81. The molecule has 6 heteroatoms. The molecule has 2 rings (SSSR count). The summed E-state index contributed by atoms with van der Waals surface area (Å²) in [5, 5.41) is 34.4. The average Bonchev–Trinajstić information content (AvgIpc) is 2.88. The zero-order valence-corrected chi connectivity index (χ0v) is 9.60. The van der Waals surface area contributed by atoms with Crippen molar-refractivity contribution < 1.29 is 15.3 Å². The molecule has 90 valence electrons. The van der Waals surface area contributed by atoms with E-state index in [2.05, 4.69) is 10.3 Å². The number of nitrogens with zero attached hydrogens (tertiary/aromatic N) is 1. The number of aliphatic hydroxyl groups excluding tert-OH is 3. The predicted molar refractivity (Wildman–Crippen MR) is 59.9 cm³/mol. The van der Waals surface area contributed by atoms with Gasteiger partial charge in [0, 0.05) is 36.7 Å². The molecule has 0 saturated heterocycles. The van der Waals surface area contributed by atoms with Gasteiger partial charge in [0.1, 0.15) is 5.01 Å². The fraction of sp³-hybridized carbons (Fsp3) is 0.700. The second-order valence-electron chi connectivity index (χ2n) is 4.07. The van der Waals surface area contributed by atoms with Gasteiger partial charge in [0.25, 0.3) is 0 Å². The molecule has 0 radical (unpaired) electrons. The van der Waals surface area contributed by atoms with Crippen molar-refractivity contribution in [2.45, 2.75) is 31.2 Å². The number of hydrogen-bond donors (Lipinski definition) is 4. The first-order valence-corrected chi connectivity index (χ1v) is 6.19. The summed E-state index contributed by atoms with van der Waals surface area (Å²) in [6.07, 6.45) is 0.679. The van der Waals surface area contributed by atoms with E-state index in [0.29, 0.717) is 13.0 Å². The standard InChI is InChI=1S/C10H16N2O3S/c13-5-6-3-7(10(15)9(6)14)12-4-8-11-1-2-16-8/h1-2,6-7,9-10,12-15H,3-5H2/t6-,7-,9-,10+/m1/s1. The maximum Gasteiger partial charge on any atom is 0.106 e. The smallest absolute Gasteiger partial charge is 0.106 e. The maximum atomic E-state index is 9.75. The molecule has 1 fully saturated rings. The molecule has 16 heavy (non-hydrogen) atoms. The first kappa shape index (κ1) is 11.9. The number of rotatable bonds is 4. The highest BCUT2D eigenvalue weighted by Crippen LogP contribution is 2.26. The molecular weight excluding hydrogens is 228 g/mol. The summed E-state index contributed by atoms with van der Waals surface area (Å²) in [5.41, 5.74) is 0. The van der Waals surface area contributed by atoms with E-state index in [0.717, 1.165) is 5.01 Å². The SMILES string of the molecule is OC[C@H]1C[C@@H](NCc2nccs2)[C@H](O)[C@@H]1O. The van der Waals surface area contributed by atoms with Gasteiger partial charge in [-0.3, -0.25) is 0 Å². The van der Waals surface area contributed by atoms with Gasteiger partial charge in [0.15, 0.2) is 0 Å². The lowest BCUT2D eigenvalue weighted by Crippen LogP contribution is -2.39. The molecule has 0 amide bonds. The van der Waals surface area contributed by atoms with Crippen LogP contribution in [0.2, 0.25) is 0 Å². The Morgan fingerprint density at radius 1 is 1.44 bits per heavy atom. The molecule has 4 N–H and O–H groups in total. The fourth-order valence-corrected chi connectivity index (χ4v) is 2.63. The number of aromatic nitrogens is 1. The van der Waals surface area contributed by atoms with Crippen molar-refractivity contribution in [1.29, 1.82) is 0 Å². The van der Waals surface area contributed by atoms with Gasteiger partial charge in [-0.1, -0.05) is 0 Å². The van der Waals surface area contributed by atoms with Gasteiger partial charge < -0.3 is 20.6 Å². The van der Waals surface area contributed by atoms with Gasteiger partial charge in [-0.15, -0.1) is 11.3 Å². The van der Waals surface area contributed by atoms with Gasteiger partial charge in [-0.05, 0) is 6.42 Å². The molecule has 0 aliphatic heterocycles. The van der Waals surface area contributed by atoms with E-state index >= 15 is 0 Å². The van der Waals surface area contributed by atoms with Crippen molar-refractivity contribution in [2.75, 3.05) is 6.61 Å². The molecule has 1 aromatic rings. The predicted octanol–water partition coefficient (Wildman–Crippen LogP) is -0.665. The molecular formula is C10H16N2O3S. The lowest BCUT2D eigenvalue weighted by molar-refractivity contribution is -0.000338. The van der Waals surface area contributed by atoms with Crippen LogP contribution in [0, 0.1) is 5.92 Å². The summed E-state index contributed by atoms with van der Waals surface area (Å²) in [6.45, 7) is 0.498. The van der Waals surface area contributed by atoms with Crippen LogP contribution in [-0.2, 0) is 6.54 Å². The van der Waals surface area contributed by atoms with E-state index in [1.165, 1.54) is 0 Å². The van der Waals surface area contributed by atoms with Crippen molar-refractivity contribution >= 4 is 11.3 Å². The van der Waals surface area contributed by atoms with Gasteiger partial charge in [-0.25, -0.2) is 4.98 Å². The Kier molecular flexibility index (Phi) is 3.88. The third kappa shape index (κ3) is 2.41. The van der Waals surface area contributed by atoms with Crippen LogP contribution in [0.5, 0.6) is 0 Å². The maximum absolute atomic E-state index is 9.75. The van der Waals surface area contributed by atoms with Crippen LogP contribution >= 0.6 is 11.3 Å². The Balaban J connectivity index is 1.86. The normalized spacial score (nSPS) is 34.4. The molecule has 0 bridgehead atoms. The number of hydrogen-bond acceptors (Lipinski definition) is 6. The van der Waals surface area contributed by atoms with Crippen LogP contribution in [0.15, 0.2) is 11.6 Å². The van der Waals surface area contributed by atoms with E-state index < -0.39 is 12.2 Å². The van der Waals surface area contributed by atoms with Crippen molar-refractivity contribution in [2.24, 2.45) is 5.92 Å². The Morgan fingerprint density at radius 2 is 2.25 bits per heavy atom. The molecule has 1 saturated carbocycles. The van der Waals surface area contributed by atoms with Crippen molar-refractivity contribution in [3.63, 3.8) is 0 Å². The molecule has 0 aromatic carbocycles. The van der Waals surface area contributed by atoms with Crippen LogP contribution in [0.4, 0.5) is 0 Å². The summed E-state index contributed by atoms with van der Waals surface area (Å²) < 4.78 is 0. The summed E-state index contributed by atoms with van der Waals surface area (Å²) in [6, 6.07) is -0.170. The Labute approximate surface area is 97.8 Å². The highest BCUT2D eigenvalue weighted by atomic mass is 32.1. The third-order valence-electron chi connectivity index (χ3n) is 3.04. The first-order chi connectivity index (χ1) is 7.72. The zero-order valence-electron chi connectivity index (χ0n) is 8.78. The number of nitrogens with one attached hydrogen (secondary N) is 1. The largest absolute Gasteiger partial charge is 0.396 e. The van der Waals surface area contributed by atoms with Crippen LogP contribution in [0.1, 0.15) is 11.4 Å². The quantitative estimate of drug-likeness (QED) is 0.565. The number of aliphatic hydroxyl groups is 3. The van der Waals surface area contributed by atoms with Crippen molar-refractivity contribution in [1.82, 2.24) is 10.3 Å². The highest BCUT2D eigenvalue weighted by Gasteiger charge is 2.40. The van der Waals surface area contributed by atoms with Crippen LogP contribution < -0.4 is 5.32 Å². The topological polar surface area (TPSA) is 85.6 Å². The van der Waals surface area contributed by atoms with E-state index in [1.54, 1.807) is 17.5 Å². The monoisotopic (exact) mass is 244 g/mol. The molecule has 4 atom stereocenters. The second-order valence-corrected chi connectivity index (χ2v) is 5.05. The van der Waals surface area contributed by atoms with Crippen LogP contribution in [0.25, 0.3) is 0 Å². The number of thiazole rings is 1. The Morgan fingerprint density at radius 3 is 2.81 bits per heavy atom. The minimum Gasteiger partial charge on any atom is -0.396 e. The molecule has 5 nitrogen and oxygen atoms in total. The lowest BCUT2D eigenvalue weighted by atomic mass is 10.1. The van der Waals surface area contributed by atoms with E-state index in [9.17, 15) is 10.2 Å².